The zero-order chi connectivity index (χ0) is 7.44. The van der Waals surface area contributed by atoms with Gasteiger partial charge in [-0.15, -0.1) is 0 Å². The van der Waals surface area contributed by atoms with Crippen LogP contribution in [0.1, 0.15) is 20.8 Å². The third kappa shape index (κ3) is 4.33. The van der Waals surface area contributed by atoms with E-state index < -0.39 is 0 Å². The minimum absolute atomic E-state index is 0.0351. The van der Waals surface area contributed by atoms with E-state index in [-0.39, 0.29) is 17.3 Å². The van der Waals surface area contributed by atoms with Crippen LogP contribution in [0.15, 0.2) is 0 Å². The van der Waals surface area contributed by atoms with Crippen molar-refractivity contribution >= 4 is 18.6 Å². The predicted molar refractivity (Wildman–Crippen MR) is 39.7 cm³/mol. The Morgan fingerprint density at radius 3 is 2.00 bits per heavy atom. The Morgan fingerprint density at radius 2 is 1.89 bits per heavy atom. The number of hydrogen-bond acceptors (Lipinski definition) is 3. The summed E-state index contributed by atoms with van der Waals surface area (Å²) in [7, 11) is 0. The molecule has 3 heteroatoms. The van der Waals surface area contributed by atoms with Gasteiger partial charge in [0.2, 0.25) is 0 Å². The maximum atomic E-state index is 10.7. The fraction of sp³-hybridized carbons (Fsp3) is 0.833. The van der Waals surface area contributed by atoms with E-state index >= 15 is 0 Å². The molecule has 0 saturated heterocycles. The van der Waals surface area contributed by atoms with Crippen molar-refractivity contribution < 1.29 is 9.53 Å². The highest BCUT2D eigenvalue weighted by Gasteiger charge is 2.09. The van der Waals surface area contributed by atoms with Crippen LogP contribution in [0.2, 0.25) is 0 Å². The van der Waals surface area contributed by atoms with Gasteiger partial charge in [0.05, 0.1) is 11.4 Å². The first-order chi connectivity index (χ1) is 4.04. The minimum atomic E-state index is -0.313. The number of esters is 1. The molecule has 0 saturated carbocycles. The lowest BCUT2D eigenvalue weighted by Crippen LogP contribution is -2.18. The molecule has 0 aromatic rings. The highest BCUT2D eigenvalue weighted by Crippen LogP contribution is 1.98. The van der Waals surface area contributed by atoms with E-state index in [9.17, 15) is 4.79 Å². The lowest BCUT2D eigenvalue weighted by atomic mass is 10.4. The van der Waals surface area contributed by atoms with Crippen LogP contribution in [-0.2, 0) is 9.53 Å². The second-order valence-electron chi connectivity index (χ2n) is 2.16. The summed E-state index contributed by atoms with van der Waals surface area (Å²) in [5.41, 5.74) is 0. The van der Waals surface area contributed by atoms with Crippen molar-refractivity contribution in [2.75, 3.05) is 0 Å². The third-order valence-corrected chi connectivity index (χ3v) is 0.904. The molecular formula is C6H12O2S. The van der Waals surface area contributed by atoms with Crippen LogP contribution >= 0.6 is 12.6 Å². The zero-order valence-electron chi connectivity index (χ0n) is 5.92. The van der Waals surface area contributed by atoms with Gasteiger partial charge in [0.25, 0.3) is 0 Å². The standard InChI is InChI=1S/C6H12O2S/c1-4(2)8-6(7)5(3)9/h4-5,9H,1-3H3/t5-/m0/s1. The molecule has 0 bridgehead atoms. The third-order valence-electron chi connectivity index (χ3n) is 0.693. The highest BCUT2D eigenvalue weighted by molar-refractivity contribution is 7.81. The molecule has 0 aliphatic carbocycles. The number of rotatable bonds is 2. The summed E-state index contributed by atoms with van der Waals surface area (Å²) in [6.45, 7) is 5.32. The van der Waals surface area contributed by atoms with Crippen LogP contribution in [-0.4, -0.2) is 17.3 Å². The summed E-state index contributed by atoms with van der Waals surface area (Å²) in [4.78, 5) is 10.7. The minimum Gasteiger partial charge on any atom is -0.462 e. The molecule has 0 heterocycles. The average molecular weight is 148 g/mol. The number of carbonyl (C=O) groups excluding carboxylic acids is 1. The van der Waals surface area contributed by atoms with Crippen LogP contribution in [0.5, 0.6) is 0 Å². The Kier molecular flexibility index (Phi) is 3.70. The van der Waals surface area contributed by atoms with Gasteiger partial charge in [-0.2, -0.15) is 12.6 Å². The molecule has 0 aliphatic rings. The first kappa shape index (κ1) is 8.82. The average Bonchev–Trinajstić information content (AvgIpc) is 1.63. The topological polar surface area (TPSA) is 26.3 Å². The van der Waals surface area contributed by atoms with Crippen molar-refractivity contribution in [2.24, 2.45) is 0 Å². The molecule has 2 nitrogen and oxygen atoms in total. The smallest absolute Gasteiger partial charge is 0.318 e. The summed E-state index contributed by atoms with van der Waals surface area (Å²) >= 11 is 3.89. The van der Waals surface area contributed by atoms with E-state index in [4.69, 9.17) is 4.74 Å². The molecule has 1 atom stereocenters. The van der Waals surface area contributed by atoms with Crippen molar-refractivity contribution in [1.82, 2.24) is 0 Å². The van der Waals surface area contributed by atoms with Crippen LogP contribution in [0.3, 0.4) is 0 Å². The monoisotopic (exact) mass is 148 g/mol. The van der Waals surface area contributed by atoms with Crippen LogP contribution in [0.25, 0.3) is 0 Å². The van der Waals surface area contributed by atoms with Gasteiger partial charge in [-0.05, 0) is 20.8 Å². The van der Waals surface area contributed by atoms with E-state index in [1.165, 1.54) is 0 Å². The first-order valence-corrected chi connectivity index (χ1v) is 3.44. The maximum absolute atomic E-state index is 10.7. The summed E-state index contributed by atoms with van der Waals surface area (Å²) in [6, 6.07) is 0. The van der Waals surface area contributed by atoms with Gasteiger partial charge < -0.3 is 4.74 Å². The predicted octanol–water partition coefficient (Wildman–Crippen LogP) is 1.26. The van der Waals surface area contributed by atoms with Gasteiger partial charge in [-0.3, -0.25) is 4.79 Å². The Bertz CT molecular complexity index is 99.2. The fourth-order valence-electron chi connectivity index (χ4n) is 0.331. The SMILES string of the molecule is CC(C)OC(=O)[C@H](C)S. The van der Waals surface area contributed by atoms with Gasteiger partial charge >= 0.3 is 5.97 Å². The largest absolute Gasteiger partial charge is 0.462 e. The van der Waals surface area contributed by atoms with Crippen LogP contribution in [0.4, 0.5) is 0 Å². The van der Waals surface area contributed by atoms with Crippen LogP contribution in [0, 0.1) is 0 Å². The quantitative estimate of drug-likeness (QED) is 0.471. The van der Waals surface area contributed by atoms with E-state index in [2.05, 4.69) is 12.6 Å². The number of hydrogen-bond donors (Lipinski definition) is 1. The molecule has 0 radical (unpaired) electrons. The molecule has 54 valence electrons. The number of thiol groups is 1. The van der Waals surface area contributed by atoms with Gasteiger partial charge in [-0.25, -0.2) is 0 Å². The second kappa shape index (κ2) is 3.77. The first-order valence-electron chi connectivity index (χ1n) is 2.92. The summed E-state index contributed by atoms with van der Waals surface area (Å²) in [5.74, 6) is -0.256. The Morgan fingerprint density at radius 1 is 1.44 bits per heavy atom. The van der Waals surface area contributed by atoms with Crippen molar-refractivity contribution in [3.63, 3.8) is 0 Å². The van der Waals surface area contributed by atoms with Crippen LogP contribution < -0.4 is 0 Å². The van der Waals surface area contributed by atoms with Gasteiger partial charge in [0.1, 0.15) is 0 Å². The molecule has 0 N–H and O–H groups in total. The maximum Gasteiger partial charge on any atom is 0.318 e. The van der Waals surface area contributed by atoms with Gasteiger partial charge in [0, 0.05) is 0 Å². The molecule has 0 rings (SSSR count). The van der Waals surface area contributed by atoms with Crippen molar-refractivity contribution in [1.29, 1.82) is 0 Å². The van der Waals surface area contributed by atoms with Gasteiger partial charge in [-0.1, -0.05) is 0 Å². The molecular weight excluding hydrogens is 136 g/mol. The molecule has 0 aromatic heterocycles. The molecule has 0 fully saturated rings. The number of ether oxygens (including phenoxy) is 1. The fourth-order valence-corrected chi connectivity index (χ4v) is 0.392. The lowest BCUT2D eigenvalue weighted by Gasteiger charge is -2.08. The van der Waals surface area contributed by atoms with E-state index in [0.29, 0.717) is 0 Å². The summed E-state index contributed by atoms with van der Waals surface area (Å²) < 4.78 is 4.80. The Labute approximate surface area is 61.0 Å². The highest BCUT2D eigenvalue weighted by atomic mass is 32.1. The lowest BCUT2D eigenvalue weighted by molar-refractivity contribution is -0.146. The van der Waals surface area contributed by atoms with E-state index in [1.807, 2.05) is 13.8 Å². The van der Waals surface area contributed by atoms with E-state index in [0.717, 1.165) is 0 Å². The Balaban J connectivity index is 3.51. The molecule has 0 aliphatic heterocycles. The van der Waals surface area contributed by atoms with E-state index in [1.54, 1.807) is 6.92 Å². The molecule has 0 aromatic carbocycles. The van der Waals surface area contributed by atoms with Crippen molar-refractivity contribution in [3.8, 4) is 0 Å². The van der Waals surface area contributed by atoms with Crippen molar-refractivity contribution in [2.45, 2.75) is 32.1 Å². The second-order valence-corrected chi connectivity index (χ2v) is 2.94. The number of carbonyl (C=O) groups is 1. The molecule has 9 heavy (non-hydrogen) atoms. The normalized spacial score (nSPS) is 13.4. The van der Waals surface area contributed by atoms with Gasteiger partial charge in [0.15, 0.2) is 0 Å². The molecule has 0 spiro atoms. The molecule has 0 amide bonds. The zero-order valence-corrected chi connectivity index (χ0v) is 6.81. The Hall–Kier alpha value is -0.180. The van der Waals surface area contributed by atoms with Crippen molar-refractivity contribution in [3.05, 3.63) is 0 Å². The summed E-state index contributed by atoms with van der Waals surface area (Å²) in [6.07, 6.45) is -0.0351. The summed E-state index contributed by atoms with van der Waals surface area (Å²) in [5, 5.41) is -0.313. The molecule has 0 unspecified atom stereocenters.